The zero-order valence-corrected chi connectivity index (χ0v) is 12.1. The van der Waals surface area contributed by atoms with Gasteiger partial charge in [-0.2, -0.15) is 0 Å². The lowest BCUT2D eigenvalue weighted by molar-refractivity contribution is -0.116. The summed E-state index contributed by atoms with van der Waals surface area (Å²) in [5.41, 5.74) is 0.992. The molecule has 5 heteroatoms. The van der Waals surface area contributed by atoms with Crippen LogP contribution in [0, 0.1) is 0 Å². The van der Waals surface area contributed by atoms with Gasteiger partial charge in [0.1, 0.15) is 0 Å². The fourth-order valence-electron chi connectivity index (χ4n) is 1.30. The fourth-order valence-corrected chi connectivity index (χ4v) is 2.44. The third-order valence-electron chi connectivity index (χ3n) is 2.15. The van der Waals surface area contributed by atoms with Gasteiger partial charge in [0.15, 0.2) is 0 Å². The van der Waals surface area contributed by atoms with Crippen LogP contribution in [0.2, 0.25) is 0 Å². The first-order chi connectivity index (χ1) is 8.11. The summed E-state index contributed by atoms with van der Waals surface area (Å²) in [5.74, 6) is -0.178. The van der Waals surface area contributed by atoms with Crippen LogP contribution >= 0.6 is 27.3 Å². The van der Waals surface area contributed by atoms with Gasteiger partial charge in [-0.15, -0.1) is 11.3 Å². The van der Waals surface area contributed by atoms with Gasteiger partial charge < -0.3 is 10.4 Å². The number of aliphatic hydroxyl groups excluding tert-OH is 1. The molecule has 0 spiro atoms. The molecule has 1 rings (SSSR count). The minimum Gasteiger partial charge on any atom is -0.391 e. The maximum atomic E-state index is 11.4. The minimum atomic E-state index is -0.451. The molecular weight excluding hydrogens is 302 g/mol. The van der Waals surface area contributed by atoms with Crippen molar-refractivity contribution >= 4 is 39.2 Å². The van der Waals surface area contributed by atoms with Crippen LogP contribution < -0.4 is 5.32 Å². The molecule has 0 aliphatic carbocycles. The molecule has 1 heterocycles. The van der Waals surface area contributed by atoms with E-state index in [1.807, 2.05) is 18.4 Å². The van der Waals surface area contributed by atoms with Crippen LogP contribution in [0.1, 0.15) is 25.3 Å². The van der Waals surface area contributed by atoms with E-state index in [1.165, 1.54) is 6.08 Å². The minimum absolute atomic E-state index is 0.178. The summed E-state index contributed by atoms with van der Waals surface area (Å²) in [6.07, 6.45) is 4.40. The third-order valence-corrected chi connectivity index (χ3v) is 3.67. The van der Waals surface area contributed by atoms with Gasteiger partial charge in [-0.05, 0) is 45.4 Å². The summed E-state index contributed by atoms with van der Waals surface area (Å²) < 4.78 is 1.04. The molecule has 1 unspecified atom stereocenters. The van der Waals surface area contributed by atoms with Crippen molar-refractivity contribution in [2.75, 3.05) is 6.54 Å². The van der Waals surface area contributed by atoms with E-state index in [4.69, 9.17) is 0 Å². The molecular formula is C12H16BrNO2S. The van der Waals surface area contributed by atoms with Crippen LogP contribution in [-0.4, -0.2) is 23.7 Å². The predicted octanol–water partition coefficient (Wildman–Crippen LogP) is 2.80. The topological polar surface area (TPSA) is 49.3 Å². The Morgan fingerprint density at radius 1 is 1.71 bits per heavy atom. The molecule has 94 valence electrons. The Morgan fingerprint density at radius 3 is 3.06 bits per heavy atom. The number of amides is 1. The molecule has 0 aromatic carbocycles. The Bertz CT molecular complexity index is 390. The van der Waals surface area contributed by atoms with Crippen LogP contribution in [0.25, 0.3) is 6.08 Å². The second-order valence-corrected chi connectivity index (χ2v) is 6.00. The standard InChI is InChI=1S/C12H16BrNO2S/c1-2-3-10(15)7-14-12(16)5-4-9-6-11(13)17-8-9/h4-6,8,10,15H,2-3,7H2,1H3,(H,14,16)/b5-4+. The van der Waals surface area contributed by atoms with Gasteiger partial charge in [0.25, 0.3) is 0 Å². The molecule has 3 nitrogen and oxygen atoms in total. The normalized spacial score (nSPS) is 12.9. The lowest BCUT2D eigenvalue weighted by Gasteiger charge is -2.08. The molecule has 0 saturated heterocycles. The lowest BCUT2D eigenvalue weighted by Crippen LogP contribution is -2.30. The number of carbonyl (C=O) groups is 1. The number of thiophene rings is 1. The molecule has 1 atom stereocenters. The molecule has 0 aliphatic rings. The molecule has 17 heavy (non-hydrogen) atoms. The molecule has 1 amide bonds. The molecule has 0 fully saturated rings. The highest BCUT2D eigenvalue weighted by atomic mass is 79.9. The SMILES string of the molecule is CCCC(O)CNC(=O)/C=C/c1csc(Br)c1. The zero-order valence-electron chi connectivity index (χ0n) is 9.65. The van der Waals surface area contributed by atoms with Crippen molar-refractivity contribution in [2.45, 2.75) is 25.9 Å². The summed E-state index contributed by atoms with van der Waals surface area (Å²) in [5, 5.41) is 14.1. The molecule has 0 bridgehead atoms. The zero-order chi connectivity index (χ0) is 12.7. The Kier molecular flexibility index (Phi) is 6.47. The number of nitrogens with one attached hydrogen (secondary N) is 1. The second-order valence-electron chi connectivity index (χ2n) is 3.71. The summed E-state index contributed by atoms with van der Waals surface area (Å²) in [4.78, 5) is 11.4. The van der Waals surface area contributed by atoms with Crippen molar-refractivity contribution in [3.8, 4) is 0 Å². The van der Waals surface area contributed by atoms with Crippen molar-refractivity contribution in [1.29, 1.82) is 0 Å². The average molecular weight is 318 g/mol. The Labute approximate surface area is 114 Å². The van der Waals surface area contributed by atoms with Crippen LogP contribution in [0.5, 0.6) is 0 Å². The van der Waals surface area contributed by atoms with Crippen molar-refractivity contribution < 1.29 is 9.90 Å². The van der Waals surface area contributed by atoms with E-state index in [1.54, 1.807) is 17.4 Å². The predicted molar refractivity (Wildman–Crippen MR) is 75.0 cm³/mol. The Balaban J connectivity index is 2.32. The highest BCUT2D eigenvalue weighted by molar-refractivity contribution is 9.11. The first-order valence-electron chi connectivity index (χ1n) is 5.49. The van der Waals surface area contributed by atoms with Gasteiger partial charge in [0, 0.05) is 12.6 Å². The lowest BCUT2D eigenvalue weighted by atomic mass is 10.2. The largest absolute Gasteiger partial charge is 0.391 e. The maximum Gasteiger partial charge on any atom is 0.244 e. The summed E-state index contributed by atoms with van der Waals surface area (Å²) in [7, 11) is 0. The maximum absolute atomic E-state index is 11.4. The van der Waals surface area contributed by atoms with E-state index in [2.05, 4.69) is 21.2 Å². The highest BCUT2D eigenvalue weighted by Gasteiger charge is 2.03. The number of carbonyl (C=O) groups excluding carboxylic acids is 1. The van der Waals surface area contributed by atoms with Crippen molar-refractivity contribution in [1.82, 2.24) is 5.32 Å². The molecule has 2 N–H and O–H groups in total. The summed E-state index contributed by atoms with van der Waals surface area (Å²) >= 11 is 4.93. The van der Waals surface area contributed by atoms with Crippen LogP contribution in [0.15, 0.2) is 21.3 Å². The molecule has 0 radical (unpaired) electrons. The van der Waals surface area contributed by atoms with Crippen molar-refractivity contribution in [2.24, 2.45) is 0 Å². The fraction of sp³-hybridized carbons (Fsp3) is 0.417. The number of hydrogen-bond acceptors (Lipinski definition) is 3. The van der Waals surface area contributed by atoms with E-state index in [0.717, 1.165) is 15.8 Å². The van der Waals surface area contributed by atoms with Gasteiger partial charge in [0.05, 0.1) is 9.89 Å². The van der Waals surface area contributed by atoms with E-state index >= 15 is 0 Å². The van der Waals surface area contributed by atoms with Crippen LogP contribution in [-0.2, 0) is 4.79 Å². The quantitative estimate of drug-likeness (QED) is 0.793. The molecule has 1 aromatic heterocycles. The van der Waals surface area contributed by atoms with Crippen molar-refractivity contribution in [3.63, 3.8) is 0 Å². The van der Waals surface area contributed by atoms with Gasteiger partial charge >= 0.3 is 0 Å². The van der Waals surface area contributed by atoms with Gasteiger partial charge in [0.2, 0.25) is 5.91 Å². The average Bonchev–Trinajstić information content (AvgIpc) is 2.70. The Morgan fingerprint density at radius 2 is 2.47 bits per heavy atom. The monoisotopic (exact) mass is 317 g/mol. The summed E-state index contributed by atoms with van der Waals surface area (Å²) in [6, 6.07) is 1.94. The molecule has 1 aromatic rings. The molecule has 0 aliphatic heterocycles. The number of rotatable bonds is 6. The number of halogens is 1. The first kappa shape index (κ1) is 14.4. The van der Waals surface area contributed by atoms with E-state index < -0.39 is 6.10 Å². The van der Waals surface area contributed by atoms with E-state index in [9.17, 15) is 9.90 Å². The second kappa shape index (κ2) is 7.63. The highest BCUT2D eigenvalue weighted by Crippen LogP contribution is 2.21. The van der Waals surface area contributed by atoms with E-state index in [0.29, 0.717) is 13.0 Å². The van der Waals surface area contributed by atoms with Gasteiger partial charge in [-0.25, -0.2) is 0 Å². The third kappa shape index (κ3) is 6.00. The van der Waals surface area contributed by atoms with Gasteiger partial charge in [-0.1, -0.05) is 13.3 Å². The van der Waals surface area contributed by atoms with Gasteiger partial charge in [-0.3, -0.25) is 4.79 Å². The first-order valence-corrected chi connectivity index (χ1v) is 7.17. The van der Waals surface area contributed by atoms with E-state index in [-0.39, 0.29) is 5.91 Å². The van der Waals surface area contributed by atoms with Crippen LogP contribution in [0.4, 0.5) is 0 Å². The van der Waals surface area contributed by atoms with Crippen LogP contribution in [0.3, 0.4) is 0 Å². The number of hydrogen-bond donors (Lipinski definition) is 2. The molecule has 0 saturated carbocycles. The number of aliphatic hydroxyl groups is 1. The van der Waals surface area contributed by atoms with Crippen molar-refractivity contribution in [3.05, 3.63) is 26.9 Å². The summed E-state index contributed by atoms with van der Waals surface area (Å²) in [6.45, 7) is 2.31. The Hall–Kier alpha value is -0.650. The smallest absolute Gasteiger partial charge is 0.244 e.